The van der Waals surface area contributed by atoms with Gasteiger partial charge < -0.3 is 15.0 Å². The largest absolute Gasteiger partial charge is 0.379 e. The normalized spacial score (nSPS) is 21.1. The topological polar surface area (TPSA) is 61.9 Å². The molecule has 27 heavy (non-hydrogen) atoms. The van der Waals surface area contributed by atoms with E-state index in [4.69, 9.17) is 4.74 Å². The van der Waals surface area contributed by atoms with Gasteiger partial charge in [-0.05, 0) is 38.8 Å². The summed E-state index contributed by atoms with van der Waals surface area (Å²) in [6, 6.07) is 5.93. The first kappa shape index (κ1) is 19.8. The number of carbonyl (C=O) groups is 2. The van der Waals surface area contributed by atoms with Crippen LogP contribution in [0.5, 0.6) is 0 Å². The molecule has 0 spiro atoms. The maximum absolute atomic E-state index is 12.9. The molecule has 3 rings (SSSR count). The van der Waals surface area contributed by atoms with Crippen molar-refractivity contribution in [3.63, 3.8) is 0 Å². The highest BCUT2D eigenvalue weighted by Gasteiger charge is 2.29. The molecule has 0 aromatic heterocycles. The summed E-state index contributed by atoms with van der Waals surface area (Å²) in [5.41, 5.74) is 2.90. The van der Waals surface area contributed by atoms with E-state index in [1.807, 2.05) is 30.9 Å². The van der Waals surface area contributed by atoms with E-state index in [0.29, 0.717) is 13.1 Å². The van der Waals surface area contributed by atoms with Gasteiger partial charge in [0.05, 0.1) is 19.1 Å². The van der Waals surface area contributed by atoms with Gasteiger partial charge in [-0.3, -0.25) is 14.5 Å². The number of nitrogens with one attached hydrogen (secondary N) is 1. The molecular formula is C21H31N3O3. The fourth-order valence-electron chi connectivity index (χ4n) is 3.96. The molecular weight excluding hydrogens is 342 g/mol. The summed E-state index contributed by atoms with van der Waals surface area (Å²) < 4.78 is 5.34. The number of aryl methyl sites for hydroxylation is 2. The van der Waals surface area contributed by atoms with E-state index >= 15 is 0 Å². The number of rotatable bonds is 5. The van der Waals surface area contributed by atoms with Crippen molar-refractivity contribution < 1.29 is 14.3 Å². The lowest BCUT2D eigenvalue weighted by Crippen LogP contribution is -2.47. The molecule has 1 atom stereocenters. The van der Waals surface area contributed by atoms with Crippen molar-refractivity contribution in [2.24, 2.45) is 5.92 Å². The number of likely N-dealkylation sites (tertiary alicyclic amines) is 1. The smallest absolute Gasteiger partial charge is 0.253 e. The minimum Gasteiger partial charge on any atom is -0.379 e. The second-order valence-electron chi connectivity index (χ2n) is 7.71. The predicted molar refractivity (Wildman–Crippen MR) is 105 cm³/mol. The SMILES string of the molecule is Cc1cc(C)cc(C(=O)N2CCCC(C(=O)NCCN3CCOCC3)C2)c1. The summed E-state index contributed by atoms with van der Waals surface area (Å²) in [7, 11) is 0. The molecule has 2 aliphatic rings. The fourth-order valence-corrected chi connectivity index (χ4v) is 3.96. The van der Waals surface area contributed by atoms with E-state index in [1.165, 1.54) is 0 Å². The van der Waals surface area contributed by atoms with Crippen LogP contribution in [-0.2, 0) is 9.53 Å². The predicted octanol–water partition coefficient (Wildman–Crippen LogP) is 1.60. The van der Waals surface area contributed by atoms with Gasteiger partial charge in [-0.25, -0.2) is 0 Å². The van der Waals surface area contributed by atoms with Crippen LogP contribution in [0.1, 0.15) is 34.3 Å². The van der Waals surface area contributed by atoms with Crippen LogP contribution in [0.4, 0.5) is 0 Å². The van der Waals surface area contributed by atoms with E-state index in [1.54, 1.807) is 0 Å². The Morgan fingerprint density at radius 2 is 1.81 bits per heavy atom. The first-order chi connectivity index (χ1) is 13.0. The van der Waals surface area contributed by atoms with Crippen molar-refractivity contribution in [2.75, 3.05) is 52.5 Å². The Kier molecular flexibility index (Phi) is 6.85. The minimum atomic E-state index is -0.113. The first-order valence-corrected chi connectivity index (χ1v) is 9.98. The van der Waals surface area contributed by atoms with Crippen molar-refractivity contribution in [2.45, 2.75) is 26.7 Å². The fraction of sp³-hybridized carbons (Fsp3) is 0.619. The van der Waals surface area contributed by atoms with Crippen molar-refractivity contribution in [1.29, 1.82) is 0 Å². The monoisotopic (exact) mass is 373 g/mol. The molecule has 1 N–H and O–H groups in total. The quantitative estimate of drug-likeness (QED) is 0.852. The Morgan fingerprint density at radius 3 is 2.52 bits per heavy atom. The van der Waals surface area contributed by atoms with Gasteiger partial charge in [-0.2, -0.15) is 0 Å². The summed E-state index contributed by atoms with van der Waals surface area (Å²) >= 11 is 0. The van der Waals surface area contributed by atoms with Gasteiger partial charge in [0, 0.05) is 44.8 Å². The molecule has 6 heteroatoms. The third kappa shape index (κ3) is 5.53. The molecule has 148 valence electrons. The van der Waals surface area contributed by atoms with Crippen LogP contribution in [0.25, 0.3) is 0 Å². The third-order valence-corrected chi connectivity index (χ3v) is 5.38. The first-order valence-electron chi connectivity index (χ1n) is 9.98. The average molecular weight is 373 g/mol. The molecule has 1 aromatic carbocycles. The molecule has 1 unspecified atom stereocenters. The molecule has 6 nitrogen and oxygen atoms in total. The van der Waals surface area contributed by atoms with Crippen LogP contribution in [0.3, 0.4) is 0 Å². The maximum Gasteiger partial charge on any atom is 0.253 e. The zero-order valence-electron chi connectivity index (χ0n) is 16.5. The van der Waals surface area contributed by atoms with Gasteiger partial charge in [-0.1, -0.05) is 17.2 Å². The number of amides is 2. The number of carbonyl (C=O) groups excluding carboxylic acids is 2. The summed E-state index contributed by atoms with van der Waals surface area (Å²) in [6.45, 7) is 10.1. The number of hydrogen-bond acceptors (Lipinski definition) is 4. The number of morpholine rings is 1. The maximum atomic E-state index is 12.9. The molecule has 1 aromatic rings. The van der Waals surface area contributed by atoms with Crippen molar-refractivity contribution >= 4 is 11.8 Å². The Bertz CT molecular complexity index is 650. The second-order valence-corrected chi connectivity index (χ2v) is 7.71. The molecule has 0 aliphatic carbocycles. The lowest BCUT2D eigenvalue weighted by atomic mass is 9.96. The second kappa shape index (κ2) is 9.33. The van der Waals surface area contributed by atoms with Crippen molar-refractivity contribution in [3.05, 3.63) is 34.9 Å². The molecule has 2 fully saturated rings. The number of benzene rings is 1. The summed E-state index contributed by atoms with van der Waals surface area (Å²) in [4.78, 5) is 29.6. The highest BCUT2D eigenvalue weighted by atomic mass is 16.5. The number of piperidine rings is 1. The molecule has 2 aliphatic heterocycles. The number of nitrogens with zero attached hydrogens (tertiary/aromatic N) is 2. The van der Waals surface area contributed by atoms with Crippen molar-refractivity contribution in [1.82, 2.24) is 15.1 Å². The Hall–Kier alpha value is -1.92. The molecule has 2 heterocycles. The van der Waals surface area contributed by atoms with E-state index in [9.17, 15) is 9.59 Å². The average Bonchev–Trinajstić information content (AvgIpc) is 2.67. The standard InChI is InChI=1S/C21H31N3O3/c1-16-12-17(2)14-19(13-16)21(26)24-6-3-4-18(15-24)20(25)22-5-7-23-8-10-27-11-9-23/h12-14,18H,3-11,15H2,1-2H3,(H,22,25). The van der Waals surface area contributed by atoms with Gasteiger partial charge in [0.1, 0.15) is 0 Å². The van der Waals surface area contributed by atoms with Crippen LogP contribution >= 0.6 is 0 Å². The lowest BCUT2D eigenvalue weighted by Gasteiger charge is -2.32. The Labute approximate surface area is 161 Å². The molecule has 0 saturated carbocycles. The summed E-state index contributed by atoms with van der Waals surface area (Å²) in [5, 5.41) is 3.06. The Morgan fingerprint density at radius 1 is 1.11 bits per heavy atom. The Balaban J connectivity index is 1.50. The van der Waals surface area contributed by atoms with Gasteiger partial charge in [0.15, 0.2) is 0 Å². The number of ether oxygens (including phenoxy) is 1. The minimum absolute atomic E-state index is 0.0348. The van der Waals surface area contributed by atoms with E-state index in [0.717, 1.165) is 68.9 Å². The van der Waals surface area contributed by atoms with Crippen LogP contribution < -0.4 is 5.32 Å². The van der Waals surface area contributed by atoms with Gasteiger partial charge in [-0.15, -0.1) is 0 Å². The number of hydrogen-bond donors (Lipinski definition) is 1. The zero-order valence-corrected chi connectivity index (χ0v) is 16.5. The highest BCUT2D eigenvalue weighted by molar-refractivity contribution is 5.95. The van der Waals surface area contributed by atoms with Crippen molar-refractivity contribution in [3.8, 4) is 0 Å². The van der Waals surface area contributed by atoms with Gasteiger partial charge in [0.2, 0.25) is 5.91 Å². The van der Waals surface area contributed by atoms with E-state index in [2.05, 4.69) is 16.3 Å². The molecule has 0 radical (unpaired) electrons. The van der Waals surface area contributed by atoms with Crippen LogP contribution in [0.15, 0.2) is 18.2 Å². The van der Waals surface area contributed by atoms with E-state index in [-0.39, 0.29) is 17.7 Å². The highest BCUT2D eigenvalue weighted by Crippen LogP contribution is 2.20. The van der Waals surface area contributed by atoms with Gasteiger partial charge >= 0.3 is 0 Å². The summed E-state index contributed by atoms with van der Waals surface area (Å²) in [6.07, 6.45) is 1.72. The van der Waals surface area contributed by atoms with Gasteiger partial charge in [0.25, 0.3) is 5.91 Å². The van der Waals surface area contributed by atoms with Crippen LogP contribution in [0.2, 0.25) is 0 Å². The van der Waals surface area contributed by atoms with E-state index < -0.39 is 0 Å². The molecule has 0 bridgehead atoms. The molecule has 2 saturated heterocycles. The molecule has 2 amide bonds. The lowest BCUT2D eigenvalue weighted by molar-refractivity contribution is -0.126. The zero-order chi connectivity index (χ0) is 19.2. The third-order valence-electron chi connectivity index (χ3n) is 5.38. The van der Waals surface area contributed by atoms with Crippen LogP contribution in [-0.4, -0.2) is 74.1 Å². The van der Waals surface area contributed by atoms with Crippen LogP contribution in [0, 0.1) is 19.8 Å². The summed E-state index contributed by atoms with van der Waals surface area (Å²) in [5.74, 6) is -0.00732.